The molecule has 3 aliphatic rings. The van der Waals surface area contributed by atoms with Crippen molar-refractivity contribution in [2.45, 2.75) is 32.1 Å². The molecule has 0 bridgehead atoms. The summed E-state index contributed by atoms with van der Waals surface area (Å²) in [6.45, 7) is 2.58. The lowest BCUT2D eigenvalue weighted by Crippen LogP contribution is -2.37. The fraction of sp³-hybridized carbons (Fsp3) is 0.588. The molecule has 3 aliphatic heterocycles. The predicted octanol–water partition coefficient (Wildman–Crippen LogP) is 0.346. The van der Waals surface area contributed by atoms with Gasteiger partial charge in [0.15, 0.2) is 0 Å². The molecule has 0 unspecified atom stereocenters. The number of nitrogens with one attached hydrogen (secondary N) is 1. The topological polar surface area (TPSA) is 95.5 Å². The van der Waals surface area contributed by atoms with E-state index in [4.69, 9.17) is 0 Å². The number of hydrogen-bond donors (Lipinski definition) is 1. The number of imide groups is 1. The van der Waals surface area contributed by atoms with E-state index in [1.807, 2.05) is 9.80 Å². The second-order valence-electron chi connectivity index (χ2n) is 7.12. The Kier molecular flexibility index (Phi) is 3.89. The Morgan fingerprint density at radius 2 is 1.92 bits per heavy atom. The first-order chi connectivity index (χ1) is 12.1. The van der Waals surface area contributed by atoms with Crippen molar-refractivity contribution in [1.82, 2.24) is 20.2 Å². The smallest absolute Gasteiger partial charge is 0.274 e. The number of amides is 3. The first-order valence-corrected chi connectivity index (χ1v) is 8.78. The third-order valence-electron chi connectivity index (χ3n) is 5.40. The number of likely N-dealkylation sites (tertiary alicyclic amines) is 1. The Bertz CT molecular complexity index is 731. The average molecular weight is 343 g/mol. The number of aromatic nitrogens is 2. The van der Waals surface area contributed by atoms with Crippen molar-refractivity contribution < 1.29 is 14.4 Å². The molecule has 1 spiro atoms. The summed E-state index contributed by atoms with van der Waals surface area (Å²) in [5.74, 6) is 0.0871. The van der Waals surface area contributed by atoms with E-state index in [-0.39, 0.29) is 24.1 Å². The molecule has 1 atom stereocenters. The van der Waals surface area contributed by atoms with Gasteiger partial charge in [-0.25, -0.2) is 4.98 Å². The van der Waals surface area contributed by atoms with Crippen molar-refractivity contribution in [2.24, 2.45) is 5.41 Å². The Balaban J connectivity index is 1.51. The maximum Gasteiger partial charge on any atom is 0.274 e. The maximum atomic E-state index is 12.6. The minimum Gasteiger partial charge on any atom is -0.354 e. The maximum absolute atomic E-state index is 12.6. The molecule has 1 N–H and O–H groups in total. The van der Waals surface area contributed by atoms with Crippen LogP contribution in [0, 0.1) is 5.41 Å². The molecule has 4 rings (SSSR count). The predicted molar refractivity (Wildman–Crippen MR) is 88.8 cm³/mol. The van der Waals surface area contributed by atoms with Crippen LogP contribution < -0.4 is 10.2 Å². The summed E-state index contributed by atoms with van der Waals surface area (Å²) in [4.78, 5) is 48.7. The van der Waals surface area contributed by atoms with Gasteiger partial charge in [0.25, 0.3) is 5.91 Å². The van der Waals surface area contributed by atoms with Gasteiger partial charge in [0.2, 0.25) is 11.8 Å². The summed E-state index contributed by atoms with van der Waals surface area (Å²) >= 11 is 0. The van der Waals surface area contributed by atoms with E-state index in [0.717, 1.165) is 32.4 Å². The Hall–Kier alpha value is -2.51. The highest BCUT2D eigenvalue weighted by Gasteiger charge is 2.51. The summed E-state index contributed by atoms with van der Waals surface area (Å²) in [6.07, 6.45) is 7.15. The van der Waals surface area contributed by atoms with Gasteiger partial charge in [-0.05, 0) is 25.7 Å². The third-order valence-corrected chi connectivity index (χ3v) is 5.40. The summed E-state index contributed by atoms with van der Waals surface area (Å²) < 4.78 is 0. The molecule has 0 radical (unpaired) electrons. The minimum absolute atomic E-state index is 0.0863. The molecular formula is C17H21N5O3. The van der Waals surface area contributed by atoms with Crippen LogP contribution in [0.4, 0.5) is 5.82 Å². The number of carbonyl (C=O) groups excluding carboxylic acids is 3. The van der Waals surface area contributed by atoms with E-state index in [0.29, 0.717) is 31.0 Å². The zero-order valence-corrected chi connectivity index (χ0v) is 14.0. The third kappa shape index (κ3) is 2.85. The van der Waals surface area contributed by atoms with Crippen LogP contribution in [0.2, 0.25) is 0 Å². The molecule has 8 nitrogen and oxygen atoms in total. The van der Waals surface area contributed by atoms with Crippen molar-refractivity contribution in [3.63, 3.8) is 0 Å². The van der Waals surface area contributed by atoms with Gasteiger partial charge in [-0.1, -0.05) is 0 Å². The quantitative estimate of drug-likeness (QED) is 0.779. The number of piperidine rings is 1. The molecule has 8 heteroatoms. The lowest BCUT2D eigenvalue weighted by atomic mass is 9.85. The zero-order valence-electron chi connectivity index (χ0n) is 14.0. The lowest BCUT2D eigenvalue weighted by Gasteiger charge is -2.26. The lowest BCUT2D eigenvalue weighted by molar-refractivity contribution is -0.127. The molecule has 3 amide bonds. The summed E-state index contributed by atoms with van der Waals surface area (Å²) in [5.41, 5.74) is -0.321. The van der Waals surface area contributed by atoms with E-state index >= 15 is 0 Å². The van der Waals surface area contributed by atoms with Crippen LogP contribution in [-0.2, 0) is 9.59 Å². The van der Waals surface area contributed by atoms with Gasteiger partial charge in [-0.15, -0.1) is 0 Å². The molecule has 4 heterocycles. The molecule has 1 aromatic rings. The van der Waals surface area contributed by atoms with Gasteiger partial charge in [0, 0.05) is 32.6 Å². The van der Waals surface area contributed by atoms with E-state index in [2.05, 4.69) is 15.3 Å². The van der Waals surface area contributed by atoms with Crippen LogP contribution in [0.5, 0.6) is 0 Å². The molecule has 132 valence electrons. The molecule has 0 aromatic carbocycles. The van der Waals surface area contributed by atoms with E-state index in [1.54, 1.807) is 6.20 Å². The van der Waals surface area contributed by atoms with Gasteiger partial charge in [-0.3, -0.25) is 24.7 Å². The Morgan fingerprint density at radius 3 is 2.64 bits per heavy atom. The van der Waals surface area contributed by atoms with Crippen LogP contribution in [0.25, 0.3) is 0 Å². The van der Waals surface area contributed by atoms with Gasteiger partial charge in [0.1, 0.15) is 11.5 Å². The van der Waals surface area contributed by atoms with Crippen molar-refractivity contribution in [2.75, 3.05) is 31.1 Å². The monoisotopic (exact) mass is 343 g/mol. The molecular weight excluding hydrogens is 322 g/mol. The van der Waals surface area contributed by atoms with Crippen LogP contribution in [0.3, 0.4) is 0 Å². The second kappa shape index (κ2) is 6.09. The van der Waals surface area contributed by atoms with Gasteiger partial charge in [-0.2, -0.15) is 0 Å². The molecule has 3 fully saturated rings. The van der Waals surface area contributed by atoms with Gasteiger partial charge in [0.05, 0.1) is 17.8 Å². The highest BCUT2D eigenvalue weighted by molar-refractivity contribution is 6.06. The molecule has 25 heavy (non-hydrogen) atoms. The molecule has 1 aromatic heterocycles. The van der Waals surface area contributed by atoms with E-state index in [9.17, 15) is 14.4 Å². The minimum atomic E-state index is -0.661. The van der Waals surface area contributed by atoms with E-state index < -0.39 is 5.41 Å². The molecule has 0 saturated carbocycles. The summed E-state index contributed by atoms with van der Waals surface area (Å²) in [6, 6.07) is 0. The van der Waals surface area contributed by atoms with Crippen molar-refractivity contribution in [3.05, 3.63) is 18.1 Å². The largest absolute Gasteiger partial charge is 0.354 e. The van der Waals surface area contributed by atoms with E-state index in [1.165, 1.54) is 6.20 Å². The van der Waals surface area contributed by atoms with Crippen LogP contribution in [0.15, 0.2) is 12.4 Å². The highest BCUT2D eigenvalue weighted by Crippen LogP contribution is 2.38. The van der Waals surface area contributed by atoms with Crippen LogP contribution >= 0.6 is 0 Å². The Morgan fingerprint density at radius 1 is 1.12 bits per heavy atom. The molecule has 0 aliphatic carbocycles. The number of hydrogen-bond acceptors (Lipinski definition) is 6. The first-order valence-electron chi connectivity index (χ1n) is 8.78. The van der Waals surface area contributed by atoms with Gasteiger partial charge >= 0.3 is 0 Å². The fourth-order valence-electron chi connectivity index (χ4n) is 3.96. The SMILES string of the molecule is O=C1C[C@]2(CCN(c3cncc(C(=O)N4CCCCC4)n3)C2)C(=O)N1. The van der Waals surface area contributed by atoms with Crippen LogP contribution in [0.1, 0.15) is 42.6 Å². The Labute approximate surface area is 145 Å². The zero-order chi connectivity index (χ0) is 17.4. The summed E-state index contributed by atoms with van der Waals surface area (Å²) in [7, 11) is 0. The average Bonchev–Trinajstić information content (AvgIpc) is 3.18. The second-order valence-corrected chi connectivity index (χ2v) is 7.12. The van der Waals surface area contributed by atoms with Crippen LogP contribution in [-0.4, -0.2) is 58.8 Å². The summed E-state index contributed by atoms with van der Waals surface area (Å²) in [5, 5.41) is 2.39. The van der Waals surface area contributed by atoms with Gasteiger partial charge < -0.3 is 9.80 Å². The standard InChI is InChI=1S/C17H21N5O3/c23-14-8-17(16(25)20-14)4-7-22(11-17)13-10-18-9-12(19-13)15(24)21-5-2-1-3-6-21/h9-10H,1-8,11H2,(H,20,23,25)/t17-/m0/s1. The number of nitrogens with zero attached hydrogens (tertiary/aromatic N) is 4. The number of anilines is 1. The normalized spacial score (nSPS) is 26.4. The fourth-order valence-corrected chi connectivity index (χ4v) is 3.96. The van der Waals surface area contributed by atoms with Crippen molar-refractivity contribution >= 4 is 23.5 Å². The highest BCUT2D eigenvalue weighted by atomic mass is 16.2. The molecule has 3 saturated heterocycles. The number of rotatable bonds is 2. The van der Waals surface area contributed by atoms with Crippen molar-refractivity contribution in [3.8, 4) is 0 Å². The first kappa shape index (κ1) is 16.0. The number of carbonyl (C=O) groups is 3. The van der Waals surface area contributed by atoms with Crippen molar-refractivity contribution in [1.29, 1.82) is 0 Å².